The summed E-state index contributed by atoms with van der Waals surface area (Å²) in [6.07, 6.45) is 0.191. The fourth-order valence-corrected chi connectivity index (χ4v) is 4.98. The molecule has 8 heteroatoms. The molecule has 0 aliphatic heterocycles. The summed E-state index contributed by atoms with van der Waals surface area (Å²) >= 11 is 0. The average molecular weight is 315 g/mol. The molecule has 0 aromatic heterocycles. The summed E-state index contributed by atoms with van der Waals surface area (Å²) in [5.74, 6) is 0. The maximum absolute atomic E-state index is 12.5. The number of hydrogen-bond donors (Lipinski definition) is 0. The van der Waals surface area contributed by atoms with Crippen LogP contribution in [0.1, 0.15) is 34.6 Å². The first kappa shape index (κ1) is 19.5. The van der Waals surface area contributed by atoms with Crippen LogP contribution in [-0.2, 0) is 22.7 Å². The predicted octanol–water partition coefficient (Wildman–Crippen LogP) is 3.83. The molecule has 116 valence electrons. The standard InChI is InChI=1S/C11H27NO5P2/c1-6-12(18(14-7-2)15-8-3)11-19(13,16-9-4)17-10-5/h6-11H2,1-5H3. The summed E-state index contributed by atoms with van der Waals surface area (Å²) in [5, 5.41) is 0. The van der Waals surface area contributed by atoms with Gasteiger partial charge in [-0.15, -0.1) is 0 Å². The lowest BCUT2D eigenvalue weighted by Gasteiger charge is -2.30. The highest BCUT2D eigenvalue weighted by Gasteiger charge is 2.31. The molecule has 0 aliphatic rings. The third kappa shape index (κ3) is 7.72. The van der Waals surface area contributed by atoms with Gasteiger partial charge >= 0.3 is 7.60 Å². The van der Waals surface area contributed by atoms with Crippen molar-refractivity contribution in [2.24, 2.45) is 0 Å². The molecular formula is C11H27NO5P2. The minimum absolute atomic E-state index is 0.191. The topological polar surface area (TPSA) is 57.2 Å². The van der Waals surface area contributed by atoms with Gasteiger partial charge in [-0.05, 0) is 27.7 Å². The highest BCUT2D eigenvalue weighted by atomic mass is 31.2. The summed E-state index contributed by atoms with van der Waals surface area (Å²) in [6.45, 7) is 11.9. The van der Waals surface area contributed by atoms with Gasteiger partial charge in [-0.1, -0.05) is 6.92 Å². The van der Waals surface area contributed by atoms with Crippen molar-refractivity contribution in [1.29, 1.82) is 0 Å². The van der Waals surface area contributed by atoms with Crippen LogP contribution in [-0.4, -0.2) is 43.9 Å². The molecule has 0 aromatic rings. The first-order chi connectivity index (χ1) is 9.06. The quantitative estimate of drug-likeness (QED) is 0.510. The maximum Gasteiger partial charge on any atom is 0.344 e. The Morgan fingerprint density at radius 3 is 1.68 bits per heavy atom. The normalized spacial score (nSPS) is 12.6. The fraction of sp³-hybridized carbons (Fsp3) is 1.00. The molecule has 0 amide bonds. The third-order valence-electron chi connectivity index (χ3n) is 2.06. The van der Waals surface area contributed by atoms with E-state index in [1.165, 1.54) is 0 Å². The second-order valence-electron chi connectivity index (χ2n) is 3.48. The molecule has 0 saturated carbocycles. The van der Waals surface area contributed by atoms with Gasteiger partial charge in [0.15, 0.2) is 0 Å². The van der Waals surface area contributed by atoms with E-state index in [9.17, 15) is 4.57 Å². The summed E-state index contributed by atoms with van der Waals surface area (Å²) in [6, 6.07) is 0. The Bertz CT molecular complexity index is 251. The van der Waals surface area contributed by atoms with Crippen molar-refractivity contribution in [1.82, 2.24) is 4.67 Å². The molecule has 0 unspecified atom stereocenters. The van der Waals surface area contributed by atoms with E-state index < -0.39 is 16.1 Å². The monoisotopic (exact) mass is 315 g/mol. The summed E-state index contributed by atoms with van der Waals surface area (Å²) in [4.78, 5) is 0. The van der Waals surface area contributed by atoms with E-state index in [0.29, 0.717) is 33.0 Å². The minimum atomic E-state index is -3.11. The highest BCUT2D eigenvalue weighted by molar-refractivity contribution is 7.55. The number of rotatable bonds is 12. The summed E-state index contributed by atoms with van der Waals surface area (Å²) < 4.78 is 36.1. The molecule has 0 saturated heterocycles. The van der Waals surface area contributed by atoms with Crippen molar-refractivity contribution in [2.75, 3.05) is 39.3 Å². The molecule has 0 heterocycles. The van der Waals surface area contributed by atoms with Gasteiger partial charge in [0.05, 0.1) is 26.4 Å². The maximum atomic E-state index is 12.5. The van der Waals surface area contributed by atoms with E-state index in [2.05, 4.69) is 0 Å². The molecule has 19 heavy (non-hydrogen) atoms. The highest BCUT2D eigenvalue weighted by Crippen LogP contribution is 2.54. The molecule has 0 aliphatic carbocycles. The first-order valence-electron chi connectivity index (χ1n) is 6.75. The zero-order chi connectivity index (χ0) is 14.7. The van der Waals surface area contributed by atoms with Crippen LogP contribution in [0.25, 0.3) is 0 Å². The lowest BCUT2D eigenvalue weighted by Crippen LogP contribution is -2.23. The van der Waals surface area contributed by atoms with E-state index in [1.807, 2.05) is 25.4 Å². The summed E-state index contributed by atoms with van der Waals surface area (Å²) in [5.41, 5.74) is 0. The second kappa shape index (κ2) is 11.2. The largest absolute Gasteiger partial charge is 0.344 e. The molecule has 0 N–H and O–H groups in total. The lowest BCUT2D eigenvalue weighted by atomic mass is 10.8. The Balaban J connectivity index is 4.75. The Kier molecular flexibility index (Phi) is 11.4. The van der Waals surface area contributed by atoms with Crippen molar-refractivity contribution in [2.45, 2.75) is 34.6 Å². The van der Waals surface area contributed by atoms with Crippen LogP contribution < -0.4 is 0 Å². The van der Waals surface area contributed by atoms with E-state index in [-0.39, 0.29) is 6.29 Å². The smallest absolute Gasteiger partial charge is 0.322 e. The van der Waals surface area contributed by atoms with Gasteiger partial charge in [0.2, 0.25) is 0 Å². The van der Waals surface area contributed by atoms with Gasteiger partial charge < -0.3 is 18.1 Å². The van der Waals surface area contributed by atoms with Gasteiger partial charge in [0.25, 0.3) is 8.53 Å². The van der Waals surface area contributed by atoms with E-state index >= 15 is 0 Å². The fourth-order valence-electron chi connectivity index (χ4n) is 1.40. The molecular weight excluding hydrogens is 288 g/mol. The minimum Gasteiger partial charge on any atom is -0.322 e. The average Bonchev–Trinajstić information content (AvgIpc) is 2.36. The zero-order valence-electron chi connectivity index (χ0n) is 12.6. The van der Waals surface area contributed by atoms with Crippen LogP contribution in [0.3, 0.4) is 0 Å². The van der Waals surface area contributed by atoms with Crippen molar-refractivity contribution >= 4 is 16.1 Å². The van der Waals surface area contributed by atoms with Crippen LogP contribution in [0.5, 0.6) is 0 Å². The van der Waals surface area contributed by atoms with Crippen LogP contribution in [0.4, 0.5) is 0 Å². The van der Waals surface area contributed by atoms with Crippen molar-refractivity contribution in [3.63, 3.8) is 0 Å². The van der Waals surface area contributed by atoms with Gasteiger partial charge in [-0.2, -0.15) is 0 Å². The SMILES string of the molecule is CCOP(OCC)N(CC)CP(=O)(OCC)OCC. The number of nitrogens with zero attached hydrogens (tertiary/aromatic N) is 1. The van der Waals surface area contributed by atoms with E-state index in [4.69, 9.17) is 18.1 Å². The van der Waals surface area contributed by atoms with Gasteiger partial charge in [-0.3, -0.25) is 4.57 Å². The van der Waals surface area contributed by atoms with Crippen LogP contribution in [0, 0.1) is 0 Å². The molecule has 6 nitrogen and oxygen atoms in total. The molecule has 0 bridgehead atoms. The predicted molar refractivity (Wildman–Crippen MR) is 78.3 cm³/mol. The second-order valence-corrected chi connectivity index (χ2v) is 7.06. The Morgan fingerprint density at radius 2 is 1.37 bits per heavy atom. The van der Waals surface area contributed by atoms with Gasteiger partial charge in [0, 0.05) is 6.54 Å². The molecule has 0 aromatic carbocycles. The van der Waals surface area contributed by atoms with Gasteiger partial charge in [0.1, 0.15) is 6.29 Å². The van der Waals surface area contributed by atoms with Crippen molar-refractivity contribution < 1.29 is 22.7 Å². The van der Waals surface area contributed by atoms with Crippen LogP contribution >= 0.6 is 16.1 Å². The zero-order valence-corrected chi connectivity index (χ0v) is 14.4. The third-order valence-corrected chi connectivity index (χ3v) is 6.12. The Morgan fingerprint density at radius 1 is 0.895 bits per heavy atom. The Hall–Kier alpha value is 0.460. The number of hydrogen-bond acceptors (Lipinski definition) is 6. The summed E-state index contributed by atoms with van der Waals surface area (Å²) in [7, 11) is -4.32. The molecule has 0 rings (SSSR count). The first-order valence-corrected chi connectivity index (χ1v) is 9.61. The van der Waals surface area contributed by atoms with E-state index in [1.54, 1.807) is 13.8 Å². The van der Waals surface area contributed by atoms with E-state index in [0.717, 1.165) is 0 Å². The van der Waals surface area contributed by atoms with Crippen LogP contribution in [0.2, 0.25) is 0 Å². The molecule has 0 spiro atoms. The van der Waals surface area contributed by atoms with Crippen LogP contribution in [0.15, 0.2) is 0 Å². The molecule has 0 fully saturated rings. The van der Waals surface area contributed by atoms with Crippen molar-refractivity contribution in [3.8, 4) is 0 Å². The Labute approximate surface area is 118 Å². The van der Waals surface area contributed by atoms with Gasteiger partial charge in [-0.25, -0.2) is 4.67 Å². The van der Waals surface area contributed by atoms with Crippen molar-refractivity contribution in [3.05, 3.63) is 0 Å². The lowest BCUT2D eigenvalue weighted by molar-refractivity contribution is 0.195. The molecule has 0 radical (unpaired) electrons. The molecule has 0 atom stereocenters.